The first-order valence-corrected chi connectivity index (χ1v) is 7.29. The summed E-state index contributed by atoms with van der Waals surface area (Å²) in [5, 5.41) is 3.33. The van der Waals surface area contributed by atoms with Crippen LogP contribution in [0.25, 0.3) is 11.1 Å². The van der Waals surface area contributed by atoms with Crippen molar-refractivity contribution in [2.45, 2.75) is 25.4 Å². The van der Waals surface area contributed by atoms with E-state index in [0.29, 0.717) is 12.6 Å². The topological polar surface area (TPSA) is 12.0 Å². The Balaban J connectivity index is 1.81. The average molecular weight is 320 g/mol. The summed E-state index contributed by atoms with van der Waals surface area (Å²) in [6, 6.07) is 14.0. The van der Waals surface area contributed by atoms with Gasteiger partial charge in [-0.15, -0.1) is 0 Å². The first-order chi connectivity index (χ1) is 9.22. The third kappa shape index (κ3) is 3.23. The second-order valence-corrected chi connectivity index (χ2v) is 5.89. The number of nitrogens with one attached hydrogen (secondary N) is 1. The second kappa shape index (κ2) is 5.43. The minimum Gasteiger partial charge on any atom is -0.310 e. The molecule has 0 amide bonds. The van der Waals surface area contributed by atoms with Crippen molar-refractivity contribution in [2.24, 2.45) is 0 Å². The summed E-state index contributed by atoms with van der Waals surface area (Å²) in [5.74, 6) is -0.134. The molecule has 1 aliphatic rings. The number of hydrogen-bond donors (Lipinski definition) is 1. The van der Waals surface area contributed by atoms with Gasteiger partial charge < -0.3 is 5.32 Å². The minimum atomic E-state index is -0.134. The molecule has 98 valence electrons. The first-order valence-electron chi connectivity index (χ1n) is 6.50. The number of hydrogen-bond acceptors (Lipinski definition) is 1. The lowest BCUT2D eigenvalue weighted by Crippen LogP contribution is -2.16. The van der Waals surface area contributed by atoms with Crippen LogP contribution in [-0.4, -0.2) is 6.04 Å². The van der Waals surface area contributed by atoms with E-state index in [1.54, 1.807) is 6.07 Å². The standard InChI is InChI=1S/C16H15BrFN/c17-14-3-1-2-11(8-14)12-4-5-13(16(18)9-12)10-19-15-6-7-15/h1-5,8-9,15,19H,6-7,10H2. The van der Waals surface area contributed by atoms with Crippen molar-refractivity contribution >= 4 is 15.9 Å². The molecule has 0 atom stereocenters. The number of rotatable bonds is 4. The third-order valence-electron chi connectivity index (χ3n) is 3.37. The highest BCUT2D eigenvalue weighted by atomic mass is 79.9. The molecule has 19 heavy (non-hydrogen) atoms. The van der Waals surface area contributed by atoms with E-state index in [0.717, 1.165) is 21.2 Å². The summed E-state index contributed by atoms with van der Waals surface area (Å²) < 4.78 is 15.1. The van der Waals surface area contributed by atoms with Crippen LogP contribution < -0.4 is 5.32 Å². The SMILES string of the molecule is Fc1cc(-c2cccc(Br)c2)ccc1CNC1CC1. The average Bonchev–Trinajstić information content (AvgIpc) is 3.21. The zero-order valence-corrected chi connectivity index (χ0v) is 12.1. The molecule has 1 saturated carbocycles. The van der Waals surface area contributed by atoms with E-state index in [4.69, 9.17) is 0 Å². The van der Waals surface area contributed by atoms with E-state index >= 15 is 0 Å². The van der Waals surface area contributed by atoms with E-state index in [1.807, 2.05) is 36.4 Å². The first kappa shape index (κ1) is 12.8. The molecule has 1 N–H and O–H groups in total. The van der Waals surface area contributed by atoms with Gasteiger partial charge in [0.1, 0.15) is 5.82 Å². The van der Waals surface area contributed by atoms with Gasteiger partial charge in [-0.2, -0.15) is 0 Å². The molecule has 0 heterocycles. The zero-order chi connectivity index (χ0) is 13.2. The molecule has 0 aliphatic heterocycles. The summed E-state index contributed by atoms with van der Waals surface area (Å²) >= 11 is 3.44. The Bertz CT molecular complexity index is 593. The van der Waals surface area contributed by atoms with Crippen molar-refractivity contribution in [3.63, 3.8) is 0 Å². The molecule has 0 aromatic heterocycles. The highest BCUT2D eigenvalue weighted by Crippen LogP contribution is 2.25. The molecular formula is C16H15BrFN. The van der Waals surface area contributed by atoms with Gasteiger partial charge in [-0.25, -0.2) is 4.39 Å². The molecule has 1 fully saturated rings. The van der Waals surface area contributed by atoms with Crippen molar-refractivity contribution in [1.29, 1.82) is 0 Å². The summed E-state index contributed by atoms with van der Waals surface area (Å²) in [7, 11) is 0. The fourth-order valence-corrected chi connectivity index (χ4v) is 2.48. The normalized spacial score (nSPS) is 14.6. The molecular weight excluding hydrogens is 305 g/mol. The summed E-state index contributed by atoms with van der Waals surface area (Å²) in [6.45, 7) is 0.620. The molecule has 0 spiro atoms. The lowest BCUT2D eigenvalue weighted by atomic mass is 10.0. The third-order valence-corrected chi connectivity index (χ3v) is 3.86. The summed E-state index contributed by atoms with van der Waals surface area (Å²) in [4.78, 5) is 0. The predicted octanol–water partition coefficient (Wildman–Crippen LogP) is 4.51. The van der Waals surface area contributed by atoms with E-state index < -0.39 is 0 Å². The molecule has 2 aromatic rings. The van der Waals surface area contributed by atoms with Crippen LogP contribution in [0, 0.1) is 5.82 Å². The fourth-order valence-electron chi connectivity index (χ4n) is 2.08. The van der Waals surface area contributed by atoms with Crippen LogP contribution in [0.5, 0.6) is 0 Å². The van der Waals surface area contributed by atoms with Crippen LogP contribution in [0.2, 0.25) is 0 Å². The highest BCUT2D eigenvalue weighted by molar-refractivity contribution is 9.10. The Hall–Kier alpha value is -1.19. The van der Waals surface area contributed by atoms with Crippen molar-refractivity contribution in [1.82, 2.24) is 5.32 Å². The largest absolute Gasteiger partial charge is 0.310 e. The van der Waals surface area contributed by atoms with Crippen LogP contribution in [0.15, 0.2) is 46.9 Å². The maximum atomic E-state index is 14.1. The molecule has 2 aromatic carbocycles. The van der Waals surface area contributed by atoms with Gasteiger partial charge >= 0.3 is 0 Å². The number of halogens is 2. The van der Waals surface area contributed by atoms with Crippen LogP contribution in [0.1, 0.15) is 18.4 Å². The van der Waals surface area contributed by atoms with Gasteiger partial charge in [-0.1, -0.05) is 40.2 Å². The molecule has 0 bridgehead atoms. The molecule has 1 nitrogen and oxygen atoms in total. The highest BCUT2D eigenvalue weighted by Gasteiger charge is 2.20. The molecule has 1 aliphatic carbocycles. The predicted molar refractivity (Wildman–Crippen MR) is 79.4 cm³/mol. The Labute approximate surface area is 121 Å². The lowest BCUT2D eigenvalue weighted by Gasteiger charge is -2.08. The van der Waals surface area contributed by atoms with E-state index in [-0.39, 0.29) is 5.82 Å². The smallest absolute Gasteiger partial charge is 0.128 e. The fraction of sp³-hybridized carbons (Fsp3) is 0.250. The molecule has 0 saturated heterocycles. The van der Waals surface area contributed by atoms with Gasteiger partial charge in [-0.3, -0.25) is 0 Å². The van der Waals surface area contributed by atoms with Crippen molar-refractivity contribution in [3.05, 3.63) is 58.3 Å². The Morgan fingerprint density at radius 1 is 1.11 bits per heavy atom. The van der Waals surface area contributed by atoms with Gasteiger partial charge in [0.05, 0.1) is 0 Å². The molecule has 3 rings (SSSR count). The van der Waals surface area contributed by atoms with Gasteiger partial charge in [0, 0.05) is 22.6 Å². The zero-order valence-electron chi connectivity index (χ0n) is 10.5. The Morgan fingerprint density at radius 3 is 2.58 bits per heavy atom. The lowest BCUT2D eigenvalue weighted by molar-refractivity contribution is 0.587. The van der Waals surface area contributed by atoms with Crippen LogP contribution in [0.4, 0.5) is 4.39 Å². The van der Waals surface area contributed by atoms with E-state index in [2.05, 4.69) is 21.2 Å². The van der Waals surface area contributed by atoms with Crippen LogP contribution in [0.3, 0.4) is 0 Å². The quantitative estimate of drug-likeness (QED) is 0.874. The molecule has 3 heteroatoms. The minimum absolute atomic E-state index is 0.134. The molecule has 0 unspecified atom stereocenters. The monoisotopic (exact) mass is 319 g/mol. The number of benzene rings is 2. The summed E-state index contributed by atoms with van der Waals surface area (Å²) in [6.07, 6.45) is 2.44. The van der Waals surface area contributed by atoms with Crippen molar-refractivity contribution < 1.29 is 4.39 Å². The Kier molecular flexibility index (Phi) is 3.67. The van der Waals surface area contributed by atoms with E-state index in [9.17, 15) is 4.39 Å². The van der Waals surface area contributed by atoms with Gasteiger partial charge in [0.2, 0.25) is 0 Å². The van der Waals surface area contributed by atoms with E-state index in [1.165, 1.54) is 12.8 Å². The van der Waals surface area contributed by atoms with Crippen molar-refractivity contribution in [3.8, 4) is 11.1 Å². The van der Waals surface area contributed by atoms with Gasteiger partial charge in [0.25, 0.3) is 0 Å². The van der Waals surface area contributed by atoms with Gasteiger partial charge in [0.15, 0.2) is 0 Å². The maximum Gasteiger partial charge on any atom is 0.128 e. The van der Waals surface area contributed by atoms with Crippen LogP contribution in [-0.2, 0) is 6.54 Å². The maximum absolute atomic E-state index is 14.1. The van der Waals surface area contributed by atoms with Crippen molar-refractivity contribution in [2.75, 3.05) is 0 Å². The Morgan fingerprint density at radius 2 is 1.89 bits per heavy atom. The second-order valence-electron chi connectivity index (χ2n) is 4.97. The molecule has 0 radical (unpaired) electrons. The van der Waals surface area contributed by atoms with Crippen LogP contribution >= 0.6 is 15.9 Å². The summed E-state index contributed by atoms with van der Waals surface area (Å²) in [5.41, 5.74) is 2.68. The van der Waals surface area contributed by atoms with Gasteiger partial charge in [-0.05, 0) is 42.2 Å².